The van der Waals surface area contributed by atoms with Crippen LogP contribution in [0.1, 0.15) is 30.1 Å². The molecule has 0 fully saturated rings. The van der Waals surface area contributed by atoms with Crippen molar-refractivity contribution < 1.29 is 4.74 Å². The maximum Gasteiger partial charge on any atom is 0.191 e. The molecular formula is C20H27N3O. The van der Waals surface area contributed by atoms with Crippen molar-refractivity contribution in [3.63, 3.8) is 0 Å². The molecule has 0 bridgehead atoms. The minimum absolute atomic E-state index is 0.00343. The Hall–Kier alpha value is -2.33. The second kappa shape index (κ2) is 9.73. The van der Waals surface area contributed by atoms with Gasteiger partial charge in [-0.2, -0.15) is 0 Å². The molecule has 2 unspecified atom stereocenters. The maximum atomic E-state index is 5.58. The van der Waals surface area contributed by atoms with Crippen molar-refractivity contribution in [2.75, 3.05) is 27.2 Å². The first-order valence-electron chi connectivity index (χ1n) is 8.31. The second-order valence-electron chi connectivity index (χ2n) is 5.78. The van der Waals surface area contributed by atoms with Crippen LogP contribution in [-0.4, -0.2) is 33.2 Å². The van der Waals surface area contributed by atoms with E-state index < -0.39 is 0 Å². The number of rotatable bonds is 7. The van der Waals surface area contributed by atoms with Crippen molar-refractivity contribution in [3.8, 4) is 0 Å². The molecule has 24 heavy (non-hydrogen) atoms. The molecule has 0 aliphatic carbocycles. The number of hydrogen-bond acceptors (Lipinski definition) is 2. The third-order valence-electron chi connectivity index (χ3n) is 4.08. The summed E-state index contributed by atoms with van der Waals surface area (Å²) in [7, 11) is 3.51. The van der Waals surface area contributed by atoms with Crippen LogP contribution in [0.4, 0.5) is 0 Å². The zero-order chi connectivity index (χ0) is 17.2. The predicted molar refractivity (Wildman–Crippen MR) is 100 cm³/mol. The molecule has 0 aliphatic heterocycles. The topological polar surface area (TPSA) is 45.7 Å². The largest absolute Gasteiger partial charge is 0.375 e. The molecule has 2 aromatic carbocycles. The molecule has 2 N–H and O–H groups in total. The van der Waals surface area contributed by atoms with Crippen molar-refractivity contribution in [3.05, 3.63) is 71.8 Å². The highest BCUT2D eigenvalue weighted by Crippen LogP contribution is 2.15. The standard InChI is InChI=1S/C20H27N3O/c1-16(17-10-6-4-7-11-17)14-22-20(21-2)23-15-19(24-3)18-12-8-5-9-13-18/h4-13,16,19H,14-15H2,1-3H3,(H2,21,22,23). The molecule has 0 radical (unpaired) electrons. The molecule has 0 heterocycles. The normalized spacial score (nSPS) is 14.0. The summed E-state index contributed by atoms with van der Waals surface area (Å²) in [5, 5.41) is 6.72. The highest BCUT2D eigenvalue weighted by Gasteiger charge is 2.11. The van der Waals surface area contributed by atoms with E-state index in [2.05, 4.69) is 58.9 Å². The molecule has 128 valence electrons. The average molecular weight is 325 g/mol. The van der Waals surface area contributed by atoms with Crippen LogP contribution in [0.5, 0.6) is 0 Å². The summed E-state index contributed by atoms with van der Waals surface area (Å²) in [6, 6.07) is 20.7. The van der Waals surface area contributed by atoms with Crippen molar-refractivity contribution in [1.82, 2.24) is 10.6 Å². The summed E-state index contributed by atoms with van der Waals surface area (Å²) in [6.07, 6.45) is -0.00343. The highest BCUT2D eigenvalue weighted by molar-refractivity contribution is 5.79. The summed E-state index contributed by atoms with van der Waals surface area (Å²) in [6.45, 7) is 3.70. The first kappa shape index (κ1) is 18.0. The van der Waals surface area contributed by atoms with E-state index >= 15 is 0 Å². The molecular weight excluding hydrogens is 298 g/mol. The Morgan fingerprint density at radius 2 is 1.46 bits per heavy atom. The fraction of sp³-hybridized carbons (Fsp3) is 0.350. The summed E-state index contributed by atoms with van der Waals surface area (Å²) < 4.78 is 5.58. The number of aliphatic imine (C=N–C) groups is 1. The summed E-state index contributed by atoms with van der Waals surface area (Å²) in [5.74, 6) is 1.20. The number of nitrogens with zero attached hydrogens (tertiary/aromatic N) is 1. The van der Waals surface area contributed by atoms with E-state index in [4.69, 9.17) is 4.74 Å². The molecule has 0 saturated carbocycles. The first-order chi connectivity index (χ1) is 11.7. The lowest BCUT2D eigenvalue weighted by molar-refractivity contribution is 0.106. The molecule has 0 amide bonds. The van der Waals surface area contributed by atoms with Crippen molar-refractivity contribution in [1.29, 1.82) is 0 Å². The van der Waals surface area contributed by atoms with Gasteiger partial charge in [0.25, 0.3) is 0 Å². The van der Waals surface area contributed by atoms with Crippen molar-refractivity contribution in [2.24, 2.45) is 4.99 Å². The second-order valence-corrected chi connectivity index (χ2v) is 5.78. The van der Waals surface area contributed by atoms with E-state index in [0.717, 1.165) is 18.1 Å². The lowest BCUT2D eigenvalue weighted by Crippen LogP contribution is -2.41. The predicted octanol–water partition coefficient (Wildman–Crippen LogP) is 3.34. The van der Waals surface area contributed by atoms with Crippen LogP contribution in [0.3, 0.4) is 0 Å². The number of hydrogen-bond donors (Lipinski definition) is 2. The van der Waals surface area contributed by atoms with Gasteiger partial charge >= 0.3 is 0 Å². The van der Waals surface area contributed by atoms with Crippen molar-refractivity contribution in [2.45, 2.75) is 18.9 Å². The fourth-order valence-corrected chi connectivity index (χ4v) is 2.56. The molecule has 4 heteroatoms. The summed E-state index contributed by atoms with van der Waals surface area (Å²) >= 11 is 0. The van der Waals surface area contributed by atoms with Gasteiger partial charge in [-0.15, -0.1) is 0 Å². The quantitative estimate of drug-likeness (QED) is 0.606. The van der Waals surface area contributed by atoms with Gasteiger partial charge in [0.1, 0.15) is 0 Å². The lowest BCUT2D eigenvalue weighted by atomic mass is 10.0. The van der Waals surface area contributed by atoms with Gasteiger partial charge in [-0.25, -0.2) is 0 Å². The monoisotopic (exact) mass is 325 g/mol. The molecule has 2 atom stereocenters. The van der Waals surface area contributed by atoms with Crippen LogP contribution in [0.25, 0.3) is 0 Å². The van der Waals surface area contributed by atoms with E-state index in [9.17, 15) is 0 Å². The Balaban J connectivity index is 1.84. The Bertz CT molecular complexity index is 613. The minimum Gasteiger partial charge on any atom is -0.375 e. The number of guanidine groups is 1. The Morgan fingerprint density at radius 1 is 0.917 bits per heavy atom. The molecule has 2 rings (SSSR count). The molecule has 0 aromatic heterocycles. The van der Waals surface area contributed by atoms with E-state index in [-0.39, 0.29) is 6.10 Å². The van der Waals surface area contributed by atoms with Gasteiger partial charge in [-0.1, -0.05) is 67.6 Å². The van der Waals surface area contributed by atoms with Gasteiger partial charge in [0.2, 0.25) is 0 Å². The number of nitrogens with one attached hydrogen (secondary N) is 2. The SMILES string of the molecule is CN=C(NCC(C)c1ccccc1)NCC(OC)c1ccccc1. The zero-order valence-electron chi connectivity index (χ0n) is 14.7. The van der Waals surface area contributed by atoms with E-state index in [1.165, 1.54) is 5.56 Å². The number of benzene rings is 2. The number of ether oxygens (including phenoxy) is 1. The van der Waals surface area contributed by atoms with Crippen LogP contribution in [-0.2, 0) is 4.74 Å². The van der Waals surface area contributed by atoms with E-state index in [0.29, 0.717) is 12.5 Å². The minimum atomic E-state index is -0.00343. The van der Waals surface area contributed by atoms with Gasteiger partial charge in [0.05, 0.1) is 6.10 Å². The van der Waals surface area contributed by atoms with Gasteiger partial charge in [0, 0.05) is 27.2 Å². The van der Waals surface area contributed by atoms with Gasteiger partial charge in [-0.05, 0) is 17.0 Å². The van der Waals surface area contributed by atoms with Crippen LogP contribution in [0, 0.1) is 0 Å². The van der Waals surface area contributed by atoms with Gasteiger partial charge in [0.15, 0.2) is 5.96 Å². The van der Waals surface area contributed by atoms with Crippen LogP contribution < -0.4 is 10.6 Å². The molecule has 0 spiro atoms. The Kier molecular flexibility index (Phi) is 7.30. The molecule has 0 aliphatic rings. The third-order valence-corrected chi connectivity index (χ3v) is 4.08. The molecule has 2 aromatic rings. The van der Waals surface area contributed by atoms with Crippen molar-refractivity contribution >= 4 is 5.96 Å². The van der Waals surface area contributed by atoms with Crippen LogP contribution in [0.15, 0.2) is 65.7 Å². The Morgan fingerprint density at radius 3 is 2.00 bits per heavy atom. The fourth-order valence-electron chi connectivity index (χ4n) is 2.56. The number of methoxy groups -OCH3 is 1. The summed E-state index contributed by atoms with van der Waals surface area (Å²) in [4.78, 5) is 4.29. The molecule has 0 saturated heterocycles. The molecule has 4 nitrogen and oxygen atoms in total. The Labute approximate surface area is 145 Å². The summed E-state index contributed by atoms with van der Waals surface area (Å²) in [5.41, 5.74) is 2.47. The first-order valence-corrected chi connectivity index (χ1v) is 8.31. The van der Waals surface area contributed by atoms with Gasteiger partial charge < -0.3 is 15.4 Å². The smallest absolute Gasteiger partial charge is 0.191 e. The van der Waals surface area contributed by atoms with E-state index in [1.54, 1.807) is 14.2 Å². The lowest BCUT2D eigenvalue weighted by Gasteiger charge is -2.20. The van der Waals surface area contributed by atoms with E-state index in [1.807, 2.05) is 24.3 Å². The maximum absolute atomic E-state index is 5.58. The third kappa shape index (κ3) is 5.39. The average Bonchev–Trinajstić information content (AvgIpc) is 2.66. The van der Waals surface area contributed by atoms with Crippen LogP contribution in [0.2, 0.25) is 0 Å². The van der Waals surface area contributed by atoms with Crippen LogP contribution >= 0.6 is 0 Å². The van der Waals surface area contributed by atoms with Gasteiger partial charge in [-0.3, -0.25) is 4.99 Å². The zero-order valence-corrected chi connectivity index (χ0v) is 14.7. The highest BCUT2D eigenvalue weighted by atomic mass is 16.5.